The summed E-state index contributed by atoms with van der Waals surface area (Å²) in [5.74, 6) is -1.79. The molecular formula is C17H16BrFO2. The maximum atomic E-state index is 13.4. The van der Waals surface area contributed by atoms with Crippen LogP contribution in [0.15, 0.2) is 46.9 Å². The molecule has 0 amide bonds. The van der Waals surface area contributed by atoms with Crippen LogP contribution in [0.2, 0.25) is 0 Å². The topological polar surface area (TPSA) is 37.3 Å². The van der Waals surface area contributed by atoms with Crippen molar-refractivity contribution in [2.45, 2.75) is 19.8 Å². The number of aryl methyl sites for hydroxylation is 1. The van der Waals surface area contributed by atoms with Gasteiger partial charge in [0.05, 0.1) is 5.92 Å². The van der Waals surface area contributed by atoms with Gasteiger partial charge in [-0.3, -0.25) is 4.79 Å². The first-order chi connectivity index (χ1) is 9.94. The molecule has 110 valence electrons. The summed E-state index contributed by atoms with van der Waals surface area (Å²) in [5, 5.41) is 9.40. The van der Waals surface area contributed by atoms with Crippen LogP contribution < -0.4 is 0 Å². The van der Waals surface area contributed by atoms with Crippen molar-refractivity contribution < 1.29 is 14.3 Å². The molecule has 2 rings (SSSR count). The number of rotatable bonds is 5. The Kier molecular flexibility index (Phi) is 5.12. The van der Waals surface area contributed by atoms with Crippen LogP contribution in [0.4, 0.5) is 4.39 Å². The first kappa shape index (κ1) is 15.7. The van der Waals surface area contributed by atoms with Crippen molar-refractivity contribution in [3.8, 4) is 0 Å². The summed E-state index contributed by atoms with van der Waals surface area (Å²) >= 11 is 3.23. The highest BCUT2D eigenvalue weighted by Crippen LogP contribution is 2.20. The molecule has 2 aromatic carbocycles. The van der Waals surface area contributed by atoms with E-state index in [1.165, 1.54) is 12.1 Å². The lowest BCUT2D eigenvalue weighted by Crippen LogP contribution is -2.19. The molecule has 0 fully saturated rings. The minimum absolute atomic E-state index is 0.305. The Bertz CT molecular complexity index is 635. The number of benzene rings is 2. The van der Waals surface area contributed by atoms with Crippen molar-refractivity contribution in [2.75, 3.05) is 0 Å². The number of carboxylic acids is 1. The van der Waals surface area contributed by atoms with E-state index in [0.717, 1.165) is 11.1 Å². The zero-order valence-electron chi connectivity index (χ0n) is 11.6. The normalized spacial score (nSPS) is 12.1. The number of hydrogen-bond acceptors (Lipinski definition) is 1. The van der Waals surface area contributed by atoms with Crippen molar-refractivity contribution in [1.29, 1.82) is 0 Å². The zero-order chi connectivity index (χ0) is 15.4. The third-order valence-corrected chi connectivity index (χ3v) is 3.78. The van der Waals surface area contributed by atoms with E-state index < -0.39 is 11.9 Å². The van der Waals surface area contributed by atoms with Gasteiger partial charge in [0.25, 0.3) is 0 Å². The van der Waals surface area contributed by atoms with Crippen molar-refractivity contribution in [1.82, 2.24) is 0 Å². The molecule has 0 spiro atoms. The van der Waals surface area contributed by atoms with Gasteiger partial charge >= 0.3 is 5.97 Å². The van der Waals surface area contributed by atoms with E-state index in [0.29, 0.717) is 22.9 Å². The van der Waals surface area contributed by atoms with Crippen LogP contribution in [0.5, 0.6) is 0 Å². The van der Waals surface area contributed by atoms with Gasteiger partial charge in [-0.2, -0.15) is 0 Å². The standard InChI is InChI=1S/C17H16BrFO2/c1-11-3-2-4-12(5-11)6-14(17(20)21)7-13-8-15(18)10-16(19)9-13/h2-5,8-10,14H,6-7H2,1H3,(H,20,21). The molecule has 1 unspecified atom stereocenters. The van der Waals surface area contributed by atoms with Gasteiger partial charge in [0.2, 0.25) is 0 Å². The Balaban J connectivity index is 2.17. The van der Waals surface area contributed by atoms with E-state index in [1.807, 2.05) is 31.2 Å². The summed E-state index contributed by atoms with van der Waals surface area (Å²) in [5.41, 5.74) is 2.77. The number of carboxylic acid groups (broad SMARTS) is 1. The fourth-order valence-corrected chi connectivity index (χ4v) is 2.90. The van der Waals surface area contributed by atoms with Crippen molar-refractivity contribution >= 4 is 21.9 Å². The molecule has 0 heterocycles. The smallest absolute Gasteiger partial charge is 0.307 e. The Morgan fingerprint density at radius 2 is 1.90 bits per heavy atom. The van der Waals surface area contributed by atoms with E-state index in [-0.39, 0.29) is 5.82 Å². The predicted molar refractivity (Wildman–Crippen MR) is 83.8 cm³/mol. The van der Waals surface area contributed by atoms with Crippen LogP contribution in [0.25, 0.3) is 0 Å². The highest BCUT2D eigenvalue weighted by atomic mass is 79.9. The highest BCUT2D eigenvalue weighted by molar-refractivity contribution is 9.10. The quantitative estimate of drug-likeness (QED) is 0.868. The van der Waals surface area contributed by atoms with Crippen LogP contribution in [-0.4, -0.2) is 11.1 Å². The second-order valence-corrected chi connectivity index (χ2v) is 6.13. The second-order valence-electron chi connectivity index (χ2n) is 5.21. The average Bonchev–Trinajstić information content (AvgIpc) is 2.36. The fourth-order valence-electron chi connectivity index (χ4n) is 2.38. The number of carbonyl (C=O) groups is 1. The number of hydrogen-bond donors (Lipinski definition) is 1. The molecule has 0 aliphatic heterocycles. The monoisotopic (exact) mass is 350 g/mol. The Morgan fingerprint density at radius 1 is 1.19 bits per heavy atom. The van der Waals surface area contributed by atoms with Gasteiger partial charge in [-0.25, -0.2) is 4.39 Å². The summed E-state index contributed by atoms with van der Waals surface area (Å²) in [6, 6.07) is 12.3. The molecular weight excluding hydrogens is 335 g/mol. The minimum Gasteiger partial charge on any atom is -0.481 e. The van der Waals surface area contributed by atoms with E-state index in [9.17, 15) is 14.3 Å². The molecule has 21 heavy (non-hydrogen) atoms. The molecule has 1 atom stereocenters. The van der Waals surface area contributed by atoms with Crippen LogP contribution in [-0.2, 0) is 17.6 Å². The Morgan fingerprint density at radius 3 is 2.52 bits per heavy atom. The lowest BCUT2D eigenvalue weighted by Gasteiger charge is -2.13. The van der Waals surface area contributed by atoms with Crippen LogP contribution in [0, 0.1) is 18.7 Å². The second kappa shape index (κ2) is 6.85. The summed E-state index contributed by atoms with van der Waals surface area (Å²) in [7, 11) is 0. The van der Waals surface area contributed by atoms with Crippen molar-refractivity contribution in [3.05, 3.63) is 69.4 Å². The molecule has 0 radical (unpaired) electrons. The van der Waals surface area contributed by atoms with E-state index in [2.05, 4.69) is 15.9 Å². The van der Waals surface area contributed by atoms with Gasteiger partial charge in [0, 0.05) is 4.47 Å². The van der Waals surface area contributed by atoms with Crippen molar-refractivity contribution in [2.24, 2.45) is 5.92 Å². The molecule has 0 saturated carbocycles. The summed E-state index contributed by atoms with van der Waals surface area (Å²) in [6.07, 6.45) is 0.741. The van der Waals surface area contributed by atoms with Crippen LogP contribution >= 0.6 is 15.9 Å². The van der Waals surface area contributed by atoms with E-state index in [4.69, 9.17) is 0 Å². The molecule has 0 aliphatic carbocycles. The highest BCUT2D eigenvalue weighted by Gasteiger charge is 2.19. The maximum Gasteiger partial charge on any atom is 0.307 e. The third kappa shape index (κ3) is 4.67. The number of halogens is 2. The molecule has 4 heteroatoms. The Hall–Kier alpha value is -1.68. The lowest BCUT2D eigenvalue weighted by molar-refractivity contribution is -0.141. The largest absolute Gasteiger partial charge is 0.481 e. The summed E-state index contributed by atoms with van der Waals surface area (Å²) < 4.78 is 14.0. The van der Waals surface area contributed by atoms with Gasteiger partial charge in [0.15, 0.2) is 0 Å². The molecule has 1 N–H and O–H groups in total. The van der Waals surface area contributed by atoms with Gasteiger partial charge in [-0.1, -0.05) is 45.8 Å². The molecule has 0 aliphatic rings. The molecule has 0 aromatic heterocycles. The maximum absolute atomic E-state index is 13.4. The summed E-state index contributed by atoms with van der Waals surface area (Å²) in [6.45, 7) is 1.98. The fraction of sp³-hybridized carbons (Fsp3) is 0.235. The number of aliphatic carboxylic acids is 1. The first-order valence-corrected chi connectivity index (χ1v) is 7.46. The van der Waals surface area contributed by atoms with E-state index in [1.54, 1.807) is 6.07 Å². The van der Waals surface area contributed by atoms with Crippen LogP contribution in [0.1, 0.15) is 16.7 Å². The SMILES string of the molecule is Cc1cccc(CC(Cc2cc(F)cc(Br)c2)C(=O)O)c1. The van der Waals surface area contributed by atoms with Gasteiger partial charge < -0.3 is 5.11 Å². The molecule has 0 bridgehead atoms. The summed E-state index contributed by atoms with van der Waals surface area (Å²) in [4.78, 5) is 11.5. The van der Waals surface area contributed by atoms with Gasteiger partial charge in [-0.15, -0.1) is 0 Å². The molecule has 2 nitrogen and oxygen atoms in total. The Labute approximate surface area is 131 Å². The predicted octanol–water partition coefficient (Wildman–Crippen LogP) is 4.38. The third-order valence-electron chi connectivity index (χ3n) is 3.32. The molecule has 2 aromatic rings. The minimum atomic E-state index is -0.864. The van der Waals surface area contributed by atoms with Crippen LogP contribution in [0.3, 0.4) is 0 Å². The van der Waals surface area contributed by atoms with E-state index >= 15 is 0 Å². The molecule has 0 saturated heterocycles. The lowest BCUT2D eigenvalue weighted by atomic mass is 9.92. The first-order valence-electron chi connectivity index (χ1n) is 6.67. The van der Waals surface area contributed by atoms with Gasteiger partial charge in [0.1, 0.15) is 5.82 Å². The average molecular weight is 351 g/mol. The zero-order valence-corrected chi connectivity index (χ0v) is 13.2. The van der Waals surface area contributed by atoms with Crippen molar-refractivity contribution in [3.63, 3.8) is 0 Å². The van der Waals surface area contributed by atoms with Gasteiger partial charge in [-0.05, 0) is 49.1 Å².